The van der Waals surface area contributed by atoms with E-state index in [0.29, 0.717) is 12.3 Å². The van der Waals surface area contributed by atoms with E-state index < -0.39 is 23.7 Å². The molecule has 1 saturated carbocycles. The van der Waals surface area contributed by atoms with E-state index >= 15 is 0 Å². The third-order valence-electron chi connectivity index (χ3n) is 3.73. The molecule has 1 aliphatic carbocycles. The van der Waals surface area contributed by atoms with E-state index in [1.807, 2.05) is 0 Å². The second kappa shape index (κ2) is 4.44. The molecule has 2 rings (SSSR count). The fourth-order valence-corrected chi connectivity index (χ4v) is 3.09. The number of amides is 1. The maximum atomic E-state index is 12.2. The molecule has 0 spiro atoms. The van der Waals surface area contributed by atoms with Gasteiger partial charge in [0, 0.05) is 6.04 Å². The minimum Gasteiger partial charge on any atom is -0.480 e. The fraction of sp³-hybridized carbons (Fsp3) is 0.846. The van der Waals surface area contributed by atoms with Crippen molar-refractivity contribution < 1.29 is 19.4 Å². The van der Waals surface area contributed by atoms with Crippen LogP contribution in [0.25, 0.3) is 0 Å². The van der Waals surface area contributed by atoms with Crippen molar-refractivity contribution in [1.29, 1.82) is 0 Å². The standard InChI is InChI=1S/C13H21NO4/c1-13(2,3)18-12(17)14-9-6-4-5-8(9)7-10(14)11(15)16/h8-10H,4-7H2,1-3H3,(H,15,16). The zero-order valence-electron chi connectivity index (χ0n) is 11.2. The van der Waals surface area contributed by atoms with Gasteiger partial charge in [0.25, 0.3) is 0 Å². The lowest BCUT2D eigenvalue weighted by Gasteiger charge is -2.30. The molecule has 2 aliphatic rings. The molecule has 2 fully saturated rings. The molecule has 1 aliphatic heterocycles. The van der Waals surface area contributed by atoms with E-state index in [1.54, 1.807) is 20.8 Å². The predicted octanol–water partition coefficient (Wildman–Crippen LogP) is 2.25. The molecule has 1 saturated heterocycles. The summed E-state index contributed by atoms with van der Waals surface area (Å²) >= 11 is 0. The maximum absolute atomic E-state index is 12.2. The molecule has 0 radical (unpaired) electrons. The van der Waals surface area contributed by atoms with Crippen molar-refractivity contribution in [3.63, 3.8) is 0 Å². The Balaban J connectivity index is 2.16. The first-order valence-electron chi connectivity index (χ1n) is 6.54. The number of rotatable bonds is 1. The van der Waals surface area contributed by atoms with Crippen LogP contribution in [0.4, 0.5) is 4.79 Å². The lowest BCUT2D eigenvalue weighted by atomic mass is 10.0. The molecule has 102 valence electrons. The van der Waals surface area contributed by atoms with Crippen LogP contribution in [0, 0.1) is 5.92 Å². The first kappa shape index (κ1) is 13.2. The Hall–Kier alpha value is -1.26. The summed E-state index contributed by atoms with van der Waals surface area (Å²) in [6.07, 6.45) is 3.08. The molecule has 18 heavy (non-hydrogen) atoms. The molecular formula is C13H21NO4. The SMILES string of the molecule is CC(C)(C)OC(=O)N1C(C(=O)O)CC2CCCC21. The third-order valence-corrected chi connectivity index (χ3v) is 3.73. The van der Waals surface area contributed by atoms with E-state index in [2.05, 4.69) is 0 Å². The van der Waals surface area contributed by atoms with Crippen molar-refractivity contribution in [3.05, 3.63) is 0 Å². The van der Waals surface area contributed by atoms with Gasteiger partial charge >= 0.3 is 12.1 Å². The van der Waals surface area contributed by atoms with Crippen LogP contribution in [-0.2, 0) is 9.53 Å². The van der Waals surface area contributed by atoms with E-state index in [-0.39, 0.29) is 6.04 Å². The number of carbonyl (C=O) groups is 2. The van der Waals surface area contributed by atoms with E-state index in [9.17, 15) is 14.7 Å². The zero-order chi connectivity index (χ0) is 13.5. The lowest BCUT2D eigenvalue weighted by molar-refractivity contribution is -0.142. The second-order valence-corrected chi connectivity index (χ2v) is 6.24. The number of likely N-dealkylation sites (tertiary alicyclic amines) is 1. The summed E-state index contributed by atoms with van der Waals surface area (Å²) in [7, 11) is 0. The largest absolute Gasteiger partial charge is 0.480 e. The Labute approximate surface area is 107 Å². The van der Waals surface area contributed by atoms with Crippen LogP contribution < -0.4 is 0 Å². The zero-order valence-corrected chi connectivity index (χ0v) is 11.2. The van der Waals surface area contributed by atoms with Crippen LogP contribution >= 0.6 is 0 Å². The first-order chi connectivity index (χ1) is 8.29. The van der Waals surface area contributed by atoms with Crippen LogP contribution in [0.2, 0.25) is 0 Å². The number of hydrogen-bond acceptors (Lipinski definition) is 3. The van der Waals surface area contributed by atoms with Gasteiger partial charge in [-0.3, -0.25) is 4.90 Å². The molecule has 0 aromatic carbocycles. The predicted molar refractivity (Wildman–Crippen MR) is 65.2 cm³/mol. The van der Waals surface area contributed by atoms with Crippen LogP contribution in [0.3, 0.4) is 0 Å². The van der Waals surface area contributed by atoms with Gasteiger partial charge in [-0.1, -0.05) is 6.42 Å². The average Bonchev–Trinajstić information content (AvgIpc) is 2.70. The number of fused-ring (bicyclic) bond motifs is 1. The molecule has 0 aromatic rings. The highest BCUT2D eigenvalue weighted by Crippen LogP contribution is 2.41. The monoisotopic (exact) mass is 255 g/mol. The van der Waals surface area contributed by atoms with Gasteiger partial charge in [-0.05, 0) is 46.0 Å². The van der Waals surface area contributed by atoms with Crippen LogP contribution in [0.1, 0.15) is 46.5 Å². The van der Waals surface area contributed by atoms with E-state index in [0.717, 1.165) is 19.3 Å². The lowest BCUT2D eigenvalue weighted by Crippen LogP contribution is -2.47. The fourth-order valence-electron chi connectivity index (χ4n) is 3.09. The van der Waals surface area contributed by atoms with Crippen LogP contribution in [-0.4, -0.2) is 39.8 Å². The Morgan fingerprint density at radius 3 is 2.50 bits per heavy atom. The van der Waals surface area contributed by atoms with Gasteiger partial charge < -0.3 is 9.84 Å². The molecular weight excluding hydrogens is 234 g/mol. The van der Waals surface area contributed by atoms with Gasteiger partial charge in [0.15, 0.2) is 0 Å². The van der Waals surface area contributed by atoms with Gasteiger partial charge in [0.1, 0.15) is 11.6 Å². The second-order valence-electron chi connectivity index (χ2n) is 6.24. The van der Waals surface area contributed by atoms with Crippen LogP contribution in [0.5, 0.6) is 0 Å². The molecule has 1 heterocycles. The number of carboxylic acid groups (broad SMARTS) is 1. The van der Waals surface area contributed by atoms with Crippen LogP contribution in [0.15, 0.2) is 0 Å². The Morgan fingerprint density at radius 1 is 1.28 bits per heavy atom. The number of hydrogen-bond donors (Lipinski definition) is 1. The maximum Gasteiger partial charge on any atom is 0.411 e. The quantitative estimate of drug-likeness (QED) is 0.780. The highest BCUT2D eigenvalue weighted by Gasteiger charge is 2.50. The number of ether oxygens (including phenoxy) is 1. The molecule has 5 heteroatoms. The van der Waals surface area contributed by atoms with Crippen molar-refractivity contribution in [1.82, 2.24) is 4.90 Å². The number of carbonyl (C=O) groups excluding carboxylic acids is 1. The Morgan fingerprint density at radius 2 is 1.94 bits per heavy atom. The number of carboxylic acids is 1. The topological polar surface area (TPSA) is 66.8 Å². The molecule has 1 N–H and O–H groups in total. The first-order valence-corrected chi connectivity index (χ1v) is 6.54. The minimum atomic E-state index is -0.921. The minimum absolute atomic E-state index is 0.0564. The van der Waals surface area contributed by atoms with Crippen molar-refractivity contribution in [2.24, 2.45) is 5.92 Å². The molecule has 3 atom stereocenters. The van der Waals surface area contributed by atoms with Gasteiger partial charge in [-0.2, -0.15) is 0 Å². The molecule has 0 bridgehead atoms. The van der Waals surface area contributed by atoms with Crippen molar-refractivity contribution in [2.45, 2.75) is 64.1 Å². The summed E-state index contributed by atoms with van der Waals surface area (Å²) in [4.78, 5) is 24.9. The van der Waals surface area contributed by atoms with Crippen molar-refractivity contribution in [2.75, 3.05) is 0 Å². The van der Waals surface area contributed by atoms with E-state index in [4.69, 9.17) is 4.74 Å². The van der Waals surface area contributed by atoms with Gasteiger partial charge in [0.2, 0.25) is 0 Å². The number of aliphatic carboxylic acids is 1. The summed E-state index contributed by atoms with van der Waals surface area (Å²) in [6, 6.07) is -0.656. The molecule has 0 aromatic heterocycles. The van der Waals surface area contributed by atoms with Gasteiger partial charge in [-0.25, -0.2) is 9.59 Å². The third kappa shape index (κ3) is 2.44. The van der Waals surface area contributed by atoms with Crippen molar-refractivity contribution in [3.8, 4) is 0 Å². The molecule has 1 amide bonds. The van der Waals surface area contributed by atoms with Gasteiger partial charge in [-0.15, -0.1) is 0 Å². The summed E-state index contributed by atoms with van der Waals surface area (Å²) in [5, 5.41) is 9.24. The highest BCUT2D eigenvalue weighted by atomic mass is 16.6. The summed E-state index contributed by atoms with van der Waals surface area (Å²) < 4.78 is 5.33. The molecule has 5 nitrogen and oxygen atoms in total. The smallest absolute Gasteiger partial charge is 0.411 e. The normalized spacial score (nSPS) is 31.3. The van der Waals surface area contributed by atoms with E-state index in [1.165, 1.54) is 4.90 Å². The summed E-state index contributed by atoms with van der Waals surface area (Å²) in [5.41, 5.74) is -0.586. The molecule has 3 unspecified atom stereocenters. The average molecular weight is 255 g/mol. The highest BCUT2D eigenvalue weighted by molar-refractivity contribution is 5.81. The summed E-state index contributed by atoms with van der Waals surface area (Å²) in [6.45, 7) is 5.38. The summed E-state index contributed by atoms with van der Waals surface area (Å²) in [5.74, 6) is -0.589. The Bertz CT molecular complexity index is 360. The van der Waals surface area contributed by atoms with Gasteiger partial charge in [0.05, 0.1) is 0 Å². The van der Waals surface area contributed by atoms with Crippen molar-refractivity contribution >= 4 is 12.1 Å². The number of nitrogens with zero attached hydrogens (tertiary/aromatic N) is 1. The Kier molecular flexibility index (Phi) is 3.25.